The zero-order chi connectivity index (χ0) is 16.9. The minimum absolute atomic E-state index is 0.0512. The van der Waals surface area contributed by atoms with Crippen molar-refractivity contribution >= 4 is 11.6 Å². The predicted octanol–water partition coefficient (Wildman–Crippen LogP) is 3.09. The number of phenolic OH excluding ortho intramolecular Hbond substituents is 1. The Hall–Kier alpha value is -2.40. The van der Waals surface area contributed by atoms with Crippen LogP contribution in [0.25, 0.3) is 0 Å². The van der Waals surface area contributed by atoms with Gasteiger partial charge in [-0.05, 0) is 61.7 Å². The van der Waals surface area contributed by atoms with Gasteiger partial charge in [-0.1, -0.05) is 12.5 Å². The number of anilines is 1. The molecule has 2 aromatic rings. The molecule has 0 unspecified atom stereocenters. The molecule has 1 atom stereocenters. The number of benzene rings is 1. The van der Waals surface area contributed by atoms with Gasteiger partial charge < -0.3 is 10.4 Å². The molecular formula is C19H23N3O2. The fourth-order valence-corrected chi connectivity index (χ4v) is 3.17. The lowest BCUT2D eigenvalue weighted by Gasteiger charge is -2.34. The molecule has 0 saturated carbocycles. The Morgan fingerprint density at radius 1 is 1.29 bits per heavy atom. The highest BCUT2D eigenvalue weighted by molar-refractivity contribution is 5.96. The second-order valence-corrected chi connectivity index (χ2v) is 6.35. The molecule has 1 fully saturated rings. The van der Waals surface area contributed by atoms with Crippen LogP contribution in [0.3, 0.4) is 0 Å². The summed E-state index contributed by atoms with van der Waals surface area (Å²) in [4.78, 5) is 19.0. The Morgan fingerprint density at radius 3 is 2.88 bits per heavy atom. The van der Waals surface area contributed by atoms with Crippen LogP contribution in [0.2, 0.25) is 0 Å². The molecule has 0 aliphatic carbocycles. The van der Waals surface area contributed by atoms with Gasteiger partial charge in [0.05, 0.1) is 11.7 Å². The van der Waals surface area contributed by atoms with Gasteiger partial charge >= 0.3 is 0 Å². The first-order chi connectivity index (χ1) is 11.6. The molecule has 1 aliphatic heterocycles. The van der Waals surface area contributed by atoms with E-state index in [1.165, 1.54) is 0 Å². The summed E-state index contributed by atoms with van der Waals surface area (Å²) in [5, 5.41) is 12.8. The number of nitrogens with zero attached hydrogens (tertiary/aromatic N) is 2. The van der Waals surface area contributed by atoms with Crippen molar-refractivity contribution in [2.45, 2.75) is 38.8 Å². The van der Waals surface area contributed by atoms with Gasteiger partial charge in [-0.25, -0.2) is 0 Å². The van der Waals surface area contributed by atoms with Gasteiger partial charge in [-0.3, -0.25) is 14.7 Å². The van der Waals surface area contributed by atoms with E-state index in [0.29, 0.717) is 5.69 Å². The summed E-state index contributed by atoms with van der Waals surface area (Å²) < 4.78 is 0. The van der Waals surface area contributed by atoms with E-state index in [4.69, 9.17) is 0 Å². The number of carbonyl (C=O) groups excluding carboxylic acids is 1. The van der Waals surface area contributed by atoms with Crippen LogP contribution in [-0.4, -0.2) is 33.5 Å². The first kappa shape index (κ1) is 16.5. The van der Waals surface area contributed by atoms with Crippen molar-refractivity contribution in [3.05, 3.63) is 53.9 Å². The first-order valence-corrected chi connectivity index (χ1v) is 8.37. The van der Waals surface area contributed by atoms with Gasteiger partial charge in [0.1, 0.15) is 5.75 Å². The second kappa shape index (κ2) is 7.45. The van der Waals surface area contributed by atoms with Crippen LogP contribution in [-0.2, 0) is 11.3 Å². The van der Waals surface area contributed by atoms with Gasteiger partial charge in [-0.15, -0.1) is 0 Å². The maximum Gasteiger partial charge on any atom is 0.241 e. The molecule has 24 heavy (non-hydrogen) atoms. The standard InChI is InChI=1S/C19H23N3O2/c1-14-5-6-18(23)16(12-14)21-19(24)17-4-2-3-11-22(17)13-15-7-9-20-10-8-15/h5-10,12,17,23H,2-4,11,13H2,1H3,(H,21,24)/t17-/m0/s1. The molecule has 0 radical (unpaired) electrons. The molecule has 1 aliphatic rings. The fourth-order valence-electron chi connectivity index (χ4n) is 3.17. The number of piperidine rings is 1. The molecule has 1 aromatic heterocycles. The summed E-state index contributed by atoms with van der Waals surface area (Å²) in [7, 11) is 0. The van der Waals surface area contributed by atoms with E-state index in [9.17, 15) is 9.90 Å². The molecule has 1 saturated heterocycles. The van der Waals surface area contributed by atoms with Gasteiger partial charge in [-0.2, -0.15) is 0 Å². The Balaban J connectivity index is 1.72. The largest absolute Gasteiger partial charge is 0.506 e. The quantitative estimate of drug-likeness (QED) is 0.848. The molecule has 5 heteroatoms. The molecule has 126 valence electrons. The third-order valence-corrected chi connectivity index (χ3v) is 4.46. The maximum atomic E-state index is 12.8. The van der Waals surface area contributed by atoms with Crippen LogP contribution >= 0.6 is 0 Å². The zero-order valence-electron chi connectivity index (χ0n) is 13.9. The van der Waals surface area contributed by atoms with Crippen molar-refractivity contribution in [1.29, 1.82) is 0 Å². The van der Waals surface area contributed by atoms with Crippen molar-refractivity contribution in [2.24, 2.45) is 0 Å². The van der Waals surface area contributed by atoms with Crippen molar-refractivity contribution < 1.29 is 9.90 Å². The van der Waals surface area contributed by atoms with Gasteiger partial charge in [0.15, 0.2) is 0 Å². The van der Waals surface area contributed by atoms with Gasteiger partial charge in [0, 0.05) is 18.9 Å². The van der Waals surface area contributed by atoms with E-state index >= 15 is 0 Å². The lowest BCUT2D eigenvalue weighted by molar-refractivity contribution is -0.122. The number of likely N-dealkylation sites (tertiary alicyclic amines) is 1. The van der Waals surface area contributed by atoms with Crippen LogP contribution < -0.4 is 5.32 Å². The smallest absolute Gasteiger partial charge is 0.241 e. The molecule has 5 nitrogen and oxygen atoms in total. The molecule has 1 aromatic carbocycles. The van der Waals surface area contributed by atoms with E-state index in [1.807, 2.05) is 25.1 Å². The lowest BCUT2D eigenvalue weighted by atomic mass is 10.0. The first-order valence-electron chi connectivity index (χ1n) is 8.37. The monoisotopic (exact) mass is 325 g/mol. The Labute approximate surface area is 142 Å². The van der Waals surface area contributed by atoms with E-state index in [2.05, 4.69) is 15.2 Å². The van der Waals surface area contributed by atoms with E-state index in [1.54, 1.807) is 24.5 Å². The number of carbonyl (C=O) groups is 1. The number of aromatic hydroxyl groups is 1. The Morgan fingerprint density at radius 2 is 2.08 bits per heavy atom. The topological polar surface area (TPSA) is 65.5 Å². The number of aryl methyl sites for hydroxylation is 1. The number of pyridine rings is 1. The third-order valence-electron chi connectivity index (χ3n) is 4.46. The number of aromatic nitrogens is 1. The van der Waals surface area contributed by atoms with Crippen LogP contribution in [0.1, 0.15) is 30.4 Å². The summed E-state index contributed by atoms with van der Waals surface area (Å²) in [6.07, 6.45) is 6.54. The highest BCUT2D eigenvalue weighted by Gasteiger charge is 2.29. The van der Waals surface area contributed by atoms with Crippen molar-refractivity contribution in [3.8, 4) is 5.75 Å². The fraction of sp³-hybridized carbons (Fsp3) is 0.368. The summed E-state index contributed by atoms with van der Waals surface area (Å²) in [5.41, 5.74) is 2.64. The number of rotatable bonds is 4. The summed E-state index contributed by atoms with van der Waals surface area (Å²) in [6, 6.07) is 9.02. The van der Waals surface area contributed by atoms with Crippen LogP contribution in [0.4, 0.5) is 5.69 Å². The molecule has 2 heterocycles. The van der Waals surface area contributed by atoms with Crippen LogP contribution in [0, 0.1) is 6.92 Å². The molecule has 2 N–H and O–H groups in total. The average Bonchev–Trinajstić information content (AvgIpc) is 2.59. The molecular weight excluding hydrogens is 302 g/mol. The summed E-state index contributed by atoms with van der Waals surface area (Å²) in [6.45, 7) is 3.58. The summed E-state index contributed by atoms with van der Waals surface area (Å²) in [5.74, 6) is 0.0510. The molecule has 0 bridgehead atoms. The second-order valence-electron chi connectivity index (χ2n) is 6.35. The number of hydrogen-bond acceptors (Lipinski definition) is 4. The SMILES string of the molecule is Cc1ccc(O)c(NC(=O)[C@@H]2CCCCN2Cc2ccncc2)c1. The number of nitrogens with one attached hydrogen (secondary N) is 1. The summed E-state index contributed by atoms with van der Waals surface area (Å²) >= 11 is 0. The maximum absolute atomic E-state index is 12.8. The van der Waals surface area contributed by atoms with Crippen molar-refractivity contribution in [1.82, 2.24) is 9.88 Å². The van der Waals surface area contributed by atoms with Crippen molar-refractivity contribution in [3.63, 3.8) is 0 Å². The van der Waals surface area contributed by atoms with Crippen LogP contribution in [0.5, 0.6) is 5.75 Å². The van der Waals surface area contributed by atoms with E-state index in [-0.39, 0.29) is 17.7 Å². The van der Waals surface area contributed by atoms with Gasteiger partial charge in [0.2, 0.25) is 5.91 Å². The van der Waals surface area contributed by atoms with E-state index < -0.39 is 0 Å². The lowest BCUT2D eigenvalue weighted by Crippen LogP contribution is -2.46. The average molecular weight is 325 g/mol. The highest BCUT2D eigenvalue weighted by Crippen LogP contribution is 2.26. The Kier molecular flexibility index (Phi) is 5.11. The van der Waals surface area contributed by atoms with E-state index in [0.717, 1.165) is 43.5 Å². The number of hydrogen-bond donors (Lipinski definition) is 2. The minimum atomic E-state index is -0.174. The molecule has 0 spiro atoms. The highest BCUT2D eigenvalue weighted by atomic mass is 16.3. The number of amides is 1. The molecule has 3 rings (SSSR count). The normalized spacial score (nSPS) is 18.3. The van der Waals surface area contributed by atoms with Crippen molar-refractivity contribution in [2.75, 3.05) is 11.9 Å². The Bertz CT molecular complexity index is 703. The minimum Gasteiger partial charge on any atom is -0.506 e. The van der Waals surface area contributed by atoms with Gasteiger partial charge in [0.25, 0.3) is 0 Å². The third kappa shape index (κ3) is 3.92. The predicted molar refractivity (Wildman–Crippen MR) is 93.8 cm³/mol. The number of phenols is 1. The van der Waals surface area contributed by atoms with Crippen LogP contribution in [0.15, 0.2) is 42.7 Å². The zero-order valence-corrected chi connectivity index (χ0v) is 13.9. The molecule has 1 amide bonds.